The Morgan fingerprint density at radius 1 is 1.27 bits per heavy atom. The first-order chi connectivity index (χ1) is 6.91. The molecule has 2 atom stereocenters. The van der Waals surface area contributed by atoms with Crippen molar-refractivity contribution in [1.82, 2.24) is 0 Å². The molecule has 0 aromatic heterocycles. The van der Waals surface area contributed by atoms with Crippen LogP contribution >= 0.6 is 0 Å². The normalized spacial score (nSPS) is 16.4. The van der Waals surface area contributed by atoms with Crippen LogP contribution in [0.25, 0.3) is 0 Å². The van der Waals surface area contributed by atoms with E-state index in [1.54, 1.807) is 14.2 Å². The van der Waals surface area contributed by atoms with Crippen LogP contribution in [0.15, 0.2) is 0 Å². The van der Waals surface area contributed by atoms with Crippen LogP contribution in [0, 0.1) is 5.92 Å². The SMILES string of the molecule is COCC(C)CC(N)CCC(C)(C)OC. The molecule has 0 aliphatic heterocycles. The summed E-state index contributed by atoms with van der Waals surface area (Å²) >= 11 is 0. The molecule has 0 amide bonds. The van der Waals surface area contributed by atoms with Crippen molar-refractivity contribution in [3.05, 3.63) is 0 Å². The van der Waals surface area contributed by atoms with Gasteiger partial charge in [-0.2, -0.15) is 0 Å². The summed E-state index contributed by atoms with van der Waals surface area (Å²) in [6.07, 6.45) is 3.03. The van der Waals surface area contributed by atoms with Gasteiger partial charge < -0.3 is 15.2 Å². The lowest BCUT2D eigenvalue weighted by Crippen LogP contribution is -2.29. The van der Waals surface area contributed by atoms with E-state index in [1.807, 2.05) is 0 Å². The topological polar surface area (TPSA) is 44.5 Å². The average molecular weight is 217 g/mol. The van der Waals surface area contributed by atoms with Gasteiger partial charge >= 0.3 is 0 Å². The third kappa shape index (κ3) is 7.77. The maximum Gasteiger partial charge on any atom is 0.0623 e. The Bertz CT molecular complexity index is 160. The Labute approximate surface area is 94.3 Å². The van der Waals surface area contributed by atoms with E-state index < -0.39 is 0 Å². The first kappa shape index (κ1) is 14.9. The number of hydrogen-bond donors (Lipinski definition) is 1. The molecule has 0 aliphatic carbocycles. The van der Waals surface area contributed by atoms with Gasteiger partial charge in [-0.15, -0.1) is 0 Å². The first-order valence-electron chi connectivity index (χ1n) is 5.71. The van der Waals surface area contributed by atoms with E-state index in [1.165, 1.54) is 0 Å². The molecule has 0 heterocycles. The molecule has 0 aromatic carbocycles. The number of ether oxygens (including phenoxy) is 2. The summed E-state index contributed by atoms with van der Waals surface area (Å²) in [5.41, 5.74) is 6.00. The highest BCUT2D eigenvalue weighted by Gasteiger charge is 2.18. The quantitative estimate of drug-likeness (QED) is 0.678. The van der Waals surface area contributed by atoms with E-state index in [2.05, 4.69) is 20.8 Å². The molecule has 0 saturated heterocycles. The molecule has 92 valence electrons. The molecule has 0 aliphatic rings. The Kier molecular flexibility index (Phi) is 7.14. The second kappa shape index (κ2) is 7.20. The van der Waals surface area contributed by atoms with Crippen molar-refractivity contribution in [3.8, 4) is 0 Å². The standard InChI is InChI=1S/C12H27NO2/c1-10(9-14-4)8-11(13)6-7-12(2,3)15-5/h10-11H,6-9,13H2,1-5H3. The molecule has 2 unspecified atom stereocenters. The Morgan fingerprint density at radius 2 is 1.87 bits per heavy atom. The Hall–Kier alpha value is -0.120. The number of nitrogens with two attached hydrogens (primary N) is 1. The van der Waals surface area contributed by atoms with Crippen molar-refractivity contribution in [3.63, 3.8) is 0 Å². The molecule has 0 fully saturated rings. The molecule has 2 N–H and O–H groups in total. The van der Waals surface area contributed by atoms with E-state index in [9.17, 15) is 0 Å². The van der Waals surface area contributed by atoms with Gasteiger partial charge in [-0.3, -0.25) is 0 Å². The molecular formula is C12H27NO2. The highest BCUT2D eigenvalue weighted by Crippen LogP contribution is 2.18. The fourth-order valence-electron chi connectivity index (χ4n) is 1.62. The predicted octanol–water partition coefficient (Wildman–Crippen LogP) is 2.19. The van der Waals surface area contributed by atoms with E-state index in [0.717, 1.165) is 25.9 Å². The third-order valence-electron chi connectivity index (χ3n) is 2.83. The fourth-order valence-corrected chi connectivity index (χ4v) is 1.62. The fraction of sp³-hybridized carbons (Fsp3) is 1.00. The zero-order chi connectivity index (χ0) is 11.9. The van der Waals surface area contributed by atoms with Crippen LogP contribution in [0.5, 0.6) is 0 Å². The van der Waals surface area contributed by atoms with Crippen LogP contribution in [-0.4, -0.2) is 32.5 Å². The number of hydrogen-bond acceptors (Lipinski definition) is 3. The molecule has 15 heavy (non-hydrogen) atoms. The van der Waals surface area contributed by atoms with Crippen molar-refractivity contribution in [2.24, 2.45) is 11.7 Å². The van der Waals surface area contributed by atoms with E-state index in [4.69, 9.17) is 15.2 Å². The maximum absolute atomic E-state index is 6.06. The average Bonchev–Trinajstić information content (AvgIpc) is 2.15. The predicted molar refractivity (Wildman–Crippen MR) is 64.0 cm³/mol. The van der Waals surface area contributed by atoms with E-state index in [0.29, 0.717) is 5.92 Å². The zero-order valence-corrected chi connectivity index (χ0v) is 10.9. The van der Waals surface area contributed by atoms with Crippen LogP contribution < -0.4 is 5.73 Å². The van der Waals surface area contributed by atoms with E-state index in [-0.39, 0.29) is 11.6 Å². The molecule has 3 nitrogen and oxygen atoms in total. The lowest BCUT2D eigenvalue weighted by atomic mass is 9.94. The van der Waals surface area contributed by atoms with Gasteiger partial charge in [-0.25, -0.2) is 0 Å². The summed E-state index contributed by atoms with van der Waals surface area (Å²) in [6.45, 7) is 7.16. The lowest BCUT2D eigenvalue weighted by molar-refractivity contribution is 0.0118. The first-order valence-corrected chi connectivity index (χ1v) is 5.71. The molecule has 0 spiro atoms. The minimum Gasteiger partial charge on any atom is -0.384 e. The van der Waals surface area contributed by atoms with Crippen molar-refractivity contribution < 1.29 is 9.47 Å². The van der Waals surface area contributed by atoms with Gasteiger partial charge in [0.05, 0.1) is 5.60 Å². The monoisotopic (exact) mass is 217 g/mol. The zero-order valence-electron chi connectivity index (χ0n) is 10.9. The molecule has 0 saturated carbocycles. The smallest absolute Gasteiger partial charge is 0.0623 e. The highest BCUT2D eigenvalue weighted by molar-refractivity contribution is 4.73. The molecule has 0 bridgehead atoms. The summed E-state index contributed by atoms with van der Waals surface area (Å²) in [4.78, 5) is 0. The minimum absolute atomic E-state index is 0.0535. The Balaban J connectivity index is 3.69. The van der Waals surface area contributed by atoms with Crippen LogP contribution in [0.1, 0.15) is 40.0 Å². The largest absolute Gasteiger partial charge is 0.384 e. The van der Waals surface area contributed by atoms with Crippen molar-refractivity contribution in [2.75, 3.05) is 20.8 Å². The van der Waals surface area contributed by atoms with Gasteiger partial charge in [0.2, 0.25) is 0 Å². The van der Waals surface area contributed by atoms with Gasteiger partial charge in [0.1, 0.15) is 0 Å². The van der Waals surface area contributed by atoms with Gasteiger partial charge in [0.15, 0.2) is 0 Å². The molecule has 3 heteroatoms. The van der Waals surface area contributed by atoms with Crippen LogP contribution in [0.4, 0.5) is 0 Å². The summed E-state index contributed by atoms with van der Waals surface area (Å²) in [5, 5.41) is 0. The van der Waals surface area contributed by atoms with Crippen molar-refractivity contribution >= 4 is 0 Å². The molecule has 0 rings (SSSR count). The lowest BCUT2D eigenvalue weighted by Gasteiger charge is -2.25. The van der Waals surface area contributed by atoms with Gasteiger partial charge in [0.25, 0.3) is 0 Å². The Morgan fingerprint density at radius 3 is 2.33 bits per heavy atom. The van der Waals surface area contributed by atoms with E-state index >= 15 is 0 Å². The van der Waals surface area contributed by atoms with Gasteiger partial charge in [-0.05, 0) is 39.0 Å². The van der Waals surface area contributed by atoms with Gasteiger partial charge in [-0.1, -0.05) is 6.92 Å². The number of rotatable bonds is 8. The summed E-state index contributed by atoms with van der Waals surface area (Å²) in [7, 11) is 3.48. The third-order valence-corrected chi connectivity index (χ3v) is 2.83. The van der Waals surface area contributed by atoms with Crippen molar-refractivity contribution in [2.45, 2.75) is 51.7 Å². The summed E-state index contributed by atoms with van der Waals surface area (Å²) < 4.78 is 10.5. The van der Waals surface area contributed by atoms with Crippen molar-refractivity contribution in [1.29, 1.82) is 0 Å². The summed E-state index contributed by atoms with van der Waals surface area (Å²) in [6, 6.07) is 0.254. The van der Waals surface area contributed by atoms with Gasteiger partial charge in [0, 0.05) is 26.9 Å². The highest BCUT2D eigenvalue weighted by atomic mass is 16.5. The minimum atomic E-state index is -0.0535. The van der Waals surface area contributed by atoms with Crippen LogP contribution in [0.3, 0.4) is 0 Å². The maximum atomic E-state index is 6.06. The summed E-state index contributed by atoms with van der Waals surface area (Å²) in [5.74, 6) is 0.538. The second-order valence-electron chi connectivity index (χ2n) is 5.06. The molecule has 0 aromatic rings. The van der Waals surface area contributed by atoms with Crippen LogP contribution in [-0.2, 0) is 9.47 Å². The van der Waals surface area contributed by atoms with Crippen LogP contribution in [0.2, 0.25) is 0 Å². The second-order valence-corrected chi connectivity index (χ2v) is 5.06. The molecule has 0 radical (unpaired) electrons. The number of methoxy groups -OCH3 is 2. The molecular weight excluding hydrogens is 190 g/mol.